The molecule has 0 spiro atoms. The normalized spacial score (nSPS) is 14.9. The number of ether oxygens (including phenoxy) is 3. The van der Waals surface area contributed by atoms with Crippen molar-refractivity contribution in [3.05, 3.63) is 58.6 Å². The Bertz CT molecular complexity index is 1090. The van der Waals surface area contributed by atoms with E-state index in [1.807, 2.05) is 31.2 Å². The number of nitrogens with one attached hydrogen (secondary N) is 1. The van der Waals surface area contributed by atoms with Crippen LogP contribution in [0.5, 0.6) is 11.5 Å². The van der Waals surface area contributed by atoms with Crippen LogP contribution in [0.4, 0.5) is 4.79 Å². The van der Waals surface area contributed by atoms with Gasteiger partial charge in [-0.15, -0.1) is 0 Å². The molecule has 0 unspecified atom stereocenters. The number of hydrazone groups is 1. The minimum Gasteiger partial charge on any atom is -0.497 e. The summed E-state index contributed by atoms with van der Waals surface area (Å²) in [6.07, 6.45) is 1.20. The van der Waals surface area contributed by atoms with Crippen LogP contribution < -0.4 is 14.8 Å². The summed E-state index contributed by atoms with van der Waals surface area (Å²) in [7, 11) is 4.71. The Morgan fingerprint density at radius 1 is 1.17 bits per heavy atom. The van der Waals surface area contributed by atoms with Gasteiger partial charge in [-0.1, -0.05) is 36.7 Å². The molecule has 194 valence electrons. The molecule has 1 aliphatic rings. The van der Waals surface area contributed by atoms with Gasteiger partial charge in [-0.05, 0) is 30.7 Å². The summed E-state index contributed by atoms with van der Waals surface area (Å²) < 4.78 is 16.2. The lowest BCUT2D eigenvalue weighted by molar-refractivity contribution is -0.133. The van der Waals surface area contributed by atoms with Crippen molar-refractivity contribution in [2.24, 2.45) is 5.10 Å². The lowest BCUT2D eigenvalue weighted by Crippen LogP contribution is -2.47. The van der Waals surface area contributed by atoms with E-state index in [1.165, 1.54) is 9.91 Å². The van der Waals surface area contributed by atoms with Gasteiger partial charge in [-0.2, -0.15) is 5.10 Å². The Morgan fingerprint density at radius 2 is 1.94 bits per heavy atom. The van der Waals surface area contributed by atoms with Crippen molar-refractivity contribution in [2.75, 3.05) is 47.6 Å². The minimum absolute atomic E-state index is 0.166. The highest BCUT2D eigenvalue weighted by Gasteiger charge is 2.36. The van der Waals surface area contributed by atoms with Gasteiger partial charge in [0.1, 0.15) is 18.0 Å². The largest absolute Gasteiger partial charge is 0.497 e. The average Bonchev–Trinajstić information content (AvgIpc) is 3.34. The summed E-state index contributed by atoms with van der Waals surface area (Å²) in [6, 6.07) is 12.0. The Labute approximate surface area is 216 Å². The molecule has 1 heterocycles. The summed E-state index contributed by atoms with van der Waals surface area (Å²) >= 11 is 6.46. The molecule has 0 saturated heterocycles. The van der Waals surface area contributed by atoms with E-state index in [2.05, 4.69) is 5.32 Å². The summed E-state index contributed by atoms with van der Waals surface area (Å²) in [5.74, 6) is 0.894. The summed E-state index contributed by atoms with van der Waals surface area (Å²) in [5.41, 5.74) is 2.16. The maximum Gasteiger partial charge on any atom is 0.317 e. The number of urea groups is 1. The van der Waals surface area contributed by atoms with Gasteiger partial charge in [0, 0.05) is 42.8 Å². The fraction of sp³-hybridized carbons (Fsp3) is 0.423. The summed E-state index contributed by atoms with van der Waals surface area (Å²) in [4.78, 5) is 27.8. The highest BCUT2D eigenvalue weighted by molar-refractivity contribution is 6.34. The van der Waals surface area contributed by atoms with Crippen LogP contribution in [0.15, 0.2) is 47.6 Å². The lowest BCUT2D eigenvalue weighted by atomic mass is 9.97. The highest BCUT2D eigenvalue weighted by atomic mass is 35.5. The number of carbonyl (C=O) groups excluding carboxylic acids is 2. The Balaban J connectivity index is 1.98. The molecule has 0 saturated carbocycles. The van der Waals surface area contributed by atoms with Gasteiger partial charge in [0.2, 0.25) is 0 Å². The van der Waals surface area contributed by atoms with Gasteiger partial charge in [0.25, 0.3) is 5.91 Å². The molecule has 3 amide bonds. The smallest absolute Gasteiger partial charge is 0.317 e. The second kappa shape index (κ2) is 13.1. The van der Waals surface area contributed by atoms with E-state index in [1.54, 1.807) is 39.5 Å². The molecule has 10 heteroatoms. The van der Waals surface area contributed by atoms with Crippen molar-refractivity contribution in [3.8, 4) is 11.5 Å². The molecule has 3 rings (SSSR count). The van der Waals surface area contributed by atoms with Crippen LogP contribution in [0.1, 0.15) is 36.9 Å². The first-order chi connectivity index (χ1) is 17.4. The van der Waals surface area contributed by atoms with E-state index >= 15 is 0 Å². The van der Waals surface area contributed by atoms with Gasteiger partial charge >= 0.3 is 6.03 Å². The fourth-order valence-corrected chi connectivity index (χ4v) is 4.22. The number of methoxy groups -OCH3 is 3. The van der Waals surface area contributed by atoms with Crippen molar-refractivity contribution < 1.29 is 23.8 Å². The Kier molecular flexibility index (Phi) is 9.95. The van der Waals surface area contributed by atoms with Crippen molar-refractivity contribution in [2.45, 2.75) is 25.8 Å². The average molecular weight is 517 g/mol. The van der Waals surface area contributed by atoms with Gasteiger partial charge in [0.15, 0.2) is 0 Å². The molecule has 2 aromatic carbocycles. The third kappa shape index (κ3) is 6.47. The zero-order valence-corrected chi connectivity index (χ0v) is 21.9. The summed E-state index contributed by atoms with van der Waals surface area (Å²) in [6.45, 7) is 2.87. The monoisotopic (exact) mass is 516 g/mol. The van der Waals surface area contributed by atoms with E-state index in [-0.39, 0.29) is 25.0 Å². The first kappa shape index (κ1) is 27.3. The van der Waals surface area contributed by atoms with Crippen molar-refractivity contribution in [1.82, 2.24) is 15.2 Å². The number of hydrogen-bond donors (Lipinski definition) is 1. The van der Waals surface area contributed by atoms with Gasteiger partial charge in [-0.3, -0.25) is 4.79 Å². The van der Waals surface area contributed by atoms with Crippen LogP contribution in [-0.2, 0) is 9.53 Å². The van der Waals surface area contributed by atoms with Crippen molar-refractivity contribution >= 4 is 29.3 Å². The molecule has 0 bridgehead atoms. The first-order valence-electron chi connectivity index (χ1n) is 11.8. The quantitative estimate of drug-likeness (QED) is 0.485. The number of halogens is 1. The standard InChI is InChI=1S/C26H33ClN4O5/c1-5-12-28-26(33)30(13-14-34-2)17-25(32)31-23(20-15-18(35-3)10-11-24(20)36-4)16-22(29-31)19-8-6-7-9-21(19)27/h6-11,15,23H,5,12-14,16-17H2,1-4H3,(H,28,33)/t23-/m0/s1. The Morgan fingerprint density at radius 3 is 2.61 bits per heavy atom. The molecule has 0 aliphatic carbocycles. The van der Waals surface area contributed by atoms with Gasteiger partial charge in [0.05, 0.1) is 32.6 Å². The molecule has 36 heavy (non-hydrogen) atoms. The minimum atomic E-state index is -0.475. The van der Waals surface area contributed by atoms with Crippen LogP contribution in [0, 0.1) is 0 Å². The highest BCUT2D eigenvalue weighted by Crippen LogP contribution is 2.40. The zero-order valence-electron chi connectivity index (χ0n) is 21.1. The van der Waals surface area contributed by atoms with Crippen molar-refractivity contribution in [1.29, 1.82) is 0 Å². The molecule has 1 N–H and O–H groups in total. The number of hydrogen-bond acceptors (Lipinski definition) is 6. The number of rotatable bonds is 11. The Hall–Kier alpha value is -3.30. The number of amides is 3. The molecule has 0 fully saturated rings. The third-order valence-corrected chi connectivity index (χ3v) is 6.18. The second-order valence-electron chi connectivity index (χ2n) is 8.24. The second-order valence-corrected chi connectivity index (χ2v) is 8.65. The predicted molar refractivity (Wildman–Crippen MR) is 139 cm³/mol. The van der Waals surface area contributed by atoms with E-state index in [0.717, 1.165) is 17.5 Å². The molecule has 0 radical (unpaired) electrons. The molecule has 1 aliphatic heterocycles. The molecule has 1 atom stereocenters. The molecular weight excluding hydrogens is 484 g/mol. The van der Waals surface area contributed by atoms with Crippen LogP contribution in [0.25, 0.3) is 0 Å². The fourth-order valence-electron chi connectivity index (χ4n) is 3.97. The van der Waals surface area contributed by atoms with Gasteiger partial charge in [-0.25, -0.2) is 9.80 Å². The SMILES string of the molecule is CCCNC(=O)N(CCOC)CC(=O)N1N=C(c2ccccc2Cl)C[C@H]1c1cc(OC)ccc1OC. The molecule has 2 aromatic rings. The lowest BCUT2D eigenvalue weighted by Gasteiger charge is -2.27. The van der Waals surface area contributed by atoms with Gasteiger partial charge < -0.3 is 24.4 Å². The zero-order chi connectivity index (χ0) is 26.1. The van der Waals surface area contributed by atoms with E-state index in [0.29, 0.717) is 41.8 Å². The number of nitrogens with zero attached hydrogens (tertiary/aromatic N) is 3. The molecular formula is C26H33ClN4O5. The van der Waals surface area contributed by atoms with Crippen LogP contribution in [-0.4, -0.2) is 75.1 Å². The topological polar surface area (TPSA) is 92.7 Å². The van der Waals surface area contributed by atoms with Crippen LogP contribution >= 0.6 is 11.6 Å². The van der Waals surface area contributed by atoms with Crippen LogP contribution in [0.3, 0.4) is 0 Å². The first-order valence-corrected chi connectivity index (χ1v) is 12.2. The van der Waals surface area contributed by atoms with E-state index in [9.17, 15) is 9.59 Å². The van der Waals surface area contributed by atoms with Crippen LogP contribution in [0.2, 0.25) is 5.02 Å². The third-order valence-electron chi connectivity index (χ3n) is 5.85. The maximum absolute atomic E-state index is 13.6. The van der Waals surface area contributed by atoms with E-state index in [4.69, 9.17) is 30.9 Å². The summed E-state index contributed by atoms with van der Waals surface area (Å²) in [5, 5.41) is 9.48. The molecule has 0 aromatic heterocycles. The maximum atomic E-state index is 13.6. The number of benzene rings is 2. The number of carbonyl (C=O) groups is 2. The molecule has 9 nitrogen and oxygen atoms in total. The predicted octanol–water partition coefficient (Wildman–Crippen LogP) is 4.10. The van der Waals surface area contributed by atoms with Crippen molar-refractivity contribution in [3.63, 3.8) is 0 Å². The van der Waals surface area contributed by atoms with E-state index < -0.39 is 6.04 Å².